The molecule has 0 spiro atoms. The molecule has 0 saturated heterocycles. The van der Waals surface area contributed by atoms with Crippen LogP contribution in [0.4, 0.5) is 0 Å². The van der Waals surface area contributed by atoms with Crippen LogP contribution in [0.5, 0.6) is 5.88 Å². The van der Waals surface area contributed by atoms with E-state index in [1.807, 2.05) is 20.2 Å². The Bertz CT molecular complexity index is 480. The van der Waals surface area contributed by atoms with Crippen molar-refractivity contribution in [1.29, 1.82) is 0 Å². The molecule has 0 aliphatic carbocycles. The third-order valence-corrected chi connectivity index (χ3v) is 2.50. The molecule has 0 aromatic carbocycles. The maximum Gasteiger partial charge on any atom is 0.233 e. The van der Waals surface area contributed by atoms with E-state index in [9.17, 15) is 0 Å². The summed E-state index contributed by atoms with van der Waals surface area (Å²) in [5.74, 6) is 0.492. The minimum absolute atomic E-state index is 0.0894. The number of ether oxygens (including phenoxy) is 1. The number of methoxy groups -OCH3 is 1. The van der Waals surface area contributed by atoms with Crippen molar-refractivity contribution in [2.75, 3.05) is 14.2 Å². The molecule has 1 N–H and O–H groups in total. The number of nitrogens with zero attached hydrogens (tertiary/aromatic N) is 5. The molecule has 0 fully saturated rings. The smallest absolute Gasteiger partial charge is 0.233 e. The van der Waals surface area contributed by atoms with Crippen molar-refractivity contribution in [1.82, 2.24) is 30.5 Å². The van der Waals surface area contributed by atoms with Crippen LogP contribution in [0.1, 0.15) is 17.4 Å². The third kappa shape index (κ3) is 2.23. The molecule has 2 rings (SSSR count). The summed E-state index contributed by atoms with van der Waals surface area (Å²) in [6, 6.07) is 3.55. The van der Waals surface area contributed by atoms with Crippen LogP contribution in [0.25, 0.3) is 0 Å². The molecule has 2 aromatic heterocycles. The summed E-state index contributed by atoms with van der Waals surface area (Å²) in [5.41, 5.74) is 1.71. The molecule has 0 bridgehead atoms. The van der Waals surface area contributed by atoms with Gasteiger partial charge in [-0.05, 0) is 13.1 Å². The zero-order valence-electron chi connectivity index (χ0n) is 9.95. The number of hydrogen-bond acceptors (Lipinski definition) is 6. The minimum Gasteiger partial charge on any atom is -0.480 e. The second-order valence-corrected chi connectivity index (χ2v) is 3.50. The van der Waals surface area contributed by atoms with Gasteiger partial charge in [0.2, 0.25) is 5.88 Å². The fraction of sp³-hybridized carbons (Fsp3) is 0.400. The molecule has 0 amide bonds. The SMILES string of the molecule is CNC(c1ccc(OC)nn1)c1cnnn1C. The summed E-state index contributed by atoms with van der Waals surface area (Å²) in [6.45, 7) is 0. The Morgan fingerprint density at radius 3 is 2.65 bits per heavy atom. The van der Waals surface area contributed by atoms with E-state index in [1.165, 1.54) is 0 Å². The standard InChI is InChI=1S/C10H14N6O/c1-11-10(8-6-12-15-16(8)2)7-4-5-9(17-3)14-13-7/h4-6,10-11H,1-3H3. The van der Waals surface area contributed by atoms with Crippen LogP contribution in [0, 0.1) is 0 Å². The van der Waals surface area contributed by atoms with Crippen LogP contribution in [0.15, 0.2) is 18.3 Å². The average molecular weight is 234 g/mol. The van der Waals surface area contributed by atoms with Crippen LogP contribution in [-0.2, 0) is 7.05 Å². The fourth-order valence-corrected chi connectivity index (χ4v) is 1.60. The lowest BCUT2D eigenvalue weighted by Crippen LogP contribution is -2.22. The summed E-state index contributed by atoms with van der Waals surface area (Å²) in [7, 11) is 5.25. The third-order valence-electron chi connectivity index (χ3n) is 2.50. The predicted octanol–water partition coefficient (Wildman–Crippen LogP) is -0.0775. The number of aryl methyl sites for hydroxylation is 1. The Hall–Kier alpha value is -2.02. The Labute approximate surface area is 98.8 Å². The molecule has 7 heteroatoms. The molecule has 2 aromatic rings. The van der Waals surface area contributed by atoms with Crippen molar-refractivity contribution >= 4 is 0 Å². The topological polar surface area (TPSA) is 77.8 Å². The van der Waals surface area contributed by atoms with E-state index in [-0.39, 0.29) is 6.04 Å². The lowest BCUT2D eigenvalue weighted by Gasteiger charge is -2.14. The Morgan fingerprint density at radius 1 is 1.35 bits per heavy atom. The maximum atomic E-state index is 4.97. The molecule has 0 saturated carbocycles. The summed E-state index contributed by atoms with van der Waals surface area (Å²) in [5, 5.41) is 19.0. The van der Waals surface area contributed by atoms with Gasteiger partial charge >= 0.3 is 0 Å². The molecule has 0 radical (unpaired) electrons. The maximum absolute atomic E-state index is 4.97. The molecule has 7 nitrogen and oxygen atoms in total. The van der Waals surface area contributed by atoms with Crippen molar-refractivity contribution in [2.24, 2.45) is 7.05 Å². The summed E-state index contributed by atoms with van der Waals surface area (Å²) < 4.78 is 6.67. The van der Waals surface area contributed by atoms with E-state index in [2.05, 4.69) is 25.8 Å². The Balaban J connectivity index is 2.32. The van der Waals surface area contributed by atoms with Crippen LogP contribution in [0.2, 0.25) is 0 Å². The quantitative estimate of drug-likeness (QED) is 0.797. The van der Waals surface area contributed by atoms with Crippen LogP contribution < -0.4 is 10.1 Å². The van der Waals surface area contributed by atoms with Gasteiger partial charge in [0, 0.05) is 13.1 Å². The number of nitrogens with one attached hydrogen (secondary N) is 1. The molecule has 1 atom stereocenters. The molecule has 90 valence electrons. The molecule has 17 heavy (non-hydrogen) atoms. The molecule has 0 aliphatic rings. The highest BCUT2D eigenvalue weighted by molar-refractivity contribution is 5.21. The van der Waals surface area contributed by atoms with E-state index in [0.717, 1.165) is 11.4 Å². The van der Waals surface area contributed by atoms with Crippen molar-refractivity contribution in [2.45, 2.75) is 6.04 Å². The molecule has 1 unspecified atom stereocenters. The number of rotatable bonds is 4. The summed E-state index contributed by atoms with van der Waals surface area (Å²) in [6.07, 6.45) is 1.70. The lowest BCUT2D eigenvalue weighted by molar-refractivity contribution is 0.390. The zero-order chi connectivity index (χ0) is 12.3. The van der Waals surface area contributed by atoms with Gasteiger partial charge < -0.3 is 10.1 Å². The predicted molar refractivity (Wildman–Crippen MR) is 60.5 cm³/mol. The van der Waals surface area contributed by atoms with Crippen LogP contribution in [0.3, 0.4) is 0 Å². The fourth-order valence-electron chi connectivity index (χ4n) is 1.60. The second-order valence-electron chi connectivity index (χ2n) is 3.50. The summed E-state index contributed by atoms with van der Waals surface area (Å²) in [4.78, 5) is 0. The Kier molecular flexibility index (Phi) is 3.29. The first-order chi connectivity index (χ1) is 8.26. The zero-order valence-corrected chi connectivity index (χ0v) is 9.95. The van der Waals surface area contributed by atoms with Gasteiger partial charge in [0.15, 0.2) is 0 Å². The van der Waals surface area contributed by atoms with E-state index in [0.29, 0.717) is 5.88 Å². The highest BCUT2D eigenvalue weighted by atomic mass is 16.5. The summed E-state index contributed by atoms with van der Waals surface area (Å²) >= 11 is 0. The highest BCUT2D eigenvalue weighted by Gasteiger charge is 2.17. The van der Waals surface area contributed by atoms with Gasteiger partial charge in [0.05, 0.1) is 30.7 Å². The molecular formula is C10H14N6O. The Morgan fingerprint density at radius 2 is 2.18 bits per heavy atom. The molecule has 2 heterocycles. The molecule has 0 aliphatic heterocycles. The van der Waals surface area contributed by atoms with Gasteiger partial charge in [-0.1, -0.05) is 5.21 Å². The van der Waals surface area contributed by atoms with Crippen molar-refractivity contribution < 1.29 is 4.74 Å². The van der Waals surface area contributed by atoms with Crippen LogP contribution in [-0.4, -0.2) is 39.3 Å². The monoisotopic (exact) mass is 234 g/mol. The lowest BCUT2D eigenvalue weighted by atomic mass is 10.1. The average Bonchev–Trinajstić information content (AvgIpc) is 2.78. The van der Waals surface area contributed by atoms with Gasteiger partial charge in [-0.15, -0.1) is 15.3 Å². The van der Waals surface area contributed by atoms with Gasteiger partial charge in [0.25, 0.3) is 0 Å². The van der Waals surface area contributed by atoms with Crippen molar-refractivity contribution in [3.05, 3.63) is 29.7 Å². The highest BCUT2D eigenvalue weighted by Crippen LogP contribution is 2.18. The largest absolute Gasteiger partial charge is 0.480 e. The first-order valence-electron chi connectivity index (χ1n) is 5.15. The van der Waals surface area contributed by atoms with Crippen molar-refractivity contribution in [3.63, 3.8) is 0 Å². The van der Waals surface area contributed by atoms with E-state index in [4.69, 9.17) is 4.74 Å². The number of hydrogen-bond donors (Lipinski definition) is 1. The normalized spacial score (nSPS) is 12.4. The van der Waals surface area contributed by atoms with Gasteiger partial charge in [0.1, 0.15) is 0 Å². The minimum atomic E-state index is -0.0894. The van der Waals surface area contributed by atoms with E-state index >= 15 is 0 Å². The second kappa shape index (κ2) is 4.88. The van der Waals surface area contributed by atoms with Crippen molar-refractivity contribution in [3.8, 4) is 5.88 Å². The van der Waals surface area contributed by atoms with Gasteiger partial charge in [-0.25, -0.2) is 0 Å². The van der Waals surface area contributed by atoms with E-state index < -0.39 is 0 Å². The molecular weight excluding hydrogens is 220 g/mol. The van der Waals surface area contributed by atoms with Crippen LogP contribution >= 0.6 is 0 Å². The van der Waals surface area contributed by atoms with Gasteiger partial charge in [-0.3, -0.25) is 4.68 Å². The van der Waals surface area contributed by atoms with E-state index in [1.54, 1.807) is 24.1 Å². The number of aromatic nitrogens is 5. The van der Waals surface area contributed by atoms with Gasteiger partial charge in [-0.2, -0.15) is 0 Å². The first kappa shape index (κ1) is 11.5. The first-order valence-corrected chi connectivity index (χ1v) is 5.15.